The summed E-state index contributed by atoms with van der Waals surface area (Å²) in [6, 6.07) is 7.37. The van der Waals surface area contributed by atoms with Gasteiger partial charge in [0, 0.05) is 22.5 Å². The molecular weight excluding hydrogens is 411 g/mol. The van der Waals surface area contributed by atoms with Crippen molar-refractivity contribution in [2.75, 3.05) is 0 Å². The second-order valence-corrected chi connectivity index (χ2v) is 5.92. The molecule has 118 valence electrons. The zero-order chi connectivity index (χ0) is 16.6. The molecule has 0 unspecified atom stereocenters. The summed E-state index contributed by atoms with van der Waals surface area (Å²) in [5, 5.41) is 16.8. The fourth-order valence-electron chi connectivity index (χ4n) is 2.00. The molecule has 0 amide bonds. The molecule has 0 radical (unpaired) electrons. The van der Waals surface area contributed by atoms with Crippen LogP contribution in [0.15, 0.2) is 34.9 Å². The Morgan fingerprint density at radius 3 is 2.70 bits per heavy atom. The van der Waals surface area contributed by atoms with Crippen molar-refractivity contribution in [1.82, 2.24) is 5.16 Å². The van der Waals surface area contributed by atoms with Crippen LogP contribution in [0.25, 0.3) is 11.0 Å². The summed E-state index contributed by atoms with van der Waals surface area (Å²) in [6.07, 6.45) is 0. The van der Waals surface area contributed by atoms with Crippen LogP contribution in [0.5, 0.6) is 11.5 Å². The molecule has 0 aliphatic heterocycles. The third-order valence-corrected chi connectivity index (χ3v) is 4.12. The molecule has 0 aliphatic rings. The minimum absolute atomic E-state index is 0.00370. The smallest absolute Gasteiger partial charge is 0.312 e. The third kappa shape index (κ3) is 3.12. The lowest BCUT2D eigenvalue weighted by Gasteiger charge is -2.08. The number of benzene rings is 2. The Kier molecular flexibility index (Phi) is 4.43. The standard InChI is InChI=1S/C14H7BrCl2N2O4/c15-6-10-8-4-11(19(20)21)14(5-13(8)23-18-10)22-12-2-1-7(16)3-9(12)17/h1-5H,6H2. The summed E-state index contributed by atoms with van der Waals surface area (Å²) in [7, 11) is 0. The van der Waals surface area contributed by atoms with Gasteiger partial charge in [-0.1, -0.05) is 44.3 Å². The van der Waals surface area contributed by atoms with E-state index >= 15 is 0 Å². The summed E-state index contributed by atoms with van der Waals surface area (Å²) in [5.41, 5.74) is 0.734. The molecule has 3 aromatic rings. The van der Waals surface area contributed by atoms with Crippen LogP contribution in [-0.4, -0.2) is 10.1 Å². The van der Waals surface area contributed by atoms with Crippen molar-refractivity contribution in [3.63, 3.8) is 0 Å². The summed E-state index contributed by atoms with van der Waals surface area (Å²) in [6.45, 7) is 0. The van der Waals surface area contributed by atoms with Crippen molar-refractivity contribution in [1.29, 1.82) is 0 Å². The van der Waals surface area contributed by atoms with Crippen LogP contribution >= 0.6 is 39.1 Å². The largest absolute Gasteiger partial charge is 0.448 e. The normalized spacial score (nSPS) is 10.9. The zero-order valence-electron chi connectivity index (χ0n) is 11.3. The molecule has 0 N–H and O–H groups in total. The molecule has 6 nitrogen and oxygen atoms in total. The molecule has 23 heavy (non-hydrogen) atoms. The first-order valence-electron chi connectivity index (χ1n) is 6.25. The molecule has 0 bridgehead atoms. The molecule has 0 saturated carbocycles. The first-order chi connectivity index (χ1) is 11.0. The number of nitrogens with zero attached hydrogens (tertiary/aromatic N) is 2. The number of halogens is 3. The number of aromatic nitrogens is 1. The van der Waals surface area contributed by atoms with Crippen molar-refractivity contribution < 1.29 is 14.2 Å². The van der Waals surface area contributed by atoms with Gasteiger partial charge >= 0.3 is 5.69 Å². The van der Waals surface area contributed by atoms with Crippen LogP contribution in [0.1, 0.15) is 5.69 Å². The van der Waals surface area contributed by atoms with Gasteiger partial charge in [0.15, 0.2) is 5.58 Å². The quantitative estimate of drug-likeness (QED) is 0.307. The Morgan fingerprint density at radius 2 is 2.04 bits per heavy atom. The molecule has 0 fully saturated rings. The molecule has 9 heteroatoms. The predicted molar refractivity (Wildman–Crippen MR) is 89.8 cm³/mol. The minimum atomic E-state index is -0.538. The lowest BCUT2D eigenvalue weighted by molar-refractivity contribution is -0.385. The van der Waals surface area contributed by atoms with Crippen molar-refractivity contribution >= 4 is 55.8 Å². The van der Waals surface area contributed by atoms with Crippen molar-refractivity contribution in [2.24, 2.45) is 0 Å². The first-order valence-corrected chi connectivity index (χ1v) is 8.13. The summed E-state index contributed by atoms with van der Waals surface area (Å²) in [4.78, 5) is 10.8. The molecule has 1 aromatic heterocycles. The lowest BCUT2D eigenvalue weighted by Crippen LogP contribution is -1.94. The maximum atomic E-state index is 11.3. The monoisotopic (exact) mass is 416 g/mol. The highest BCUT2D eigenvalue weighted by molar-refractivity contribution is 9.08. The van der Waals surface area contributed by atoms with Crippen molar-refractivity contribution in [3.8, 4) is 11.5 Å². The van der Waals surface area contributed by atoms with Gasteiger partial charge in [0.1, 0.15) is 11.4 Å². The third-order valence-electron chi connectivity index (χ3n) is 3.06. The van der Waals surface area contributed by atoms with E-state index in [0.29, 0.717) is 27.0 Å². The van der Waals surface area contributed by atoms with E-state index in [0.717, 1.165) is 0 Å². The molecule has 1 heterocycles. The zero-order valence-corrected chi connectivity index (χ0v) is 14.4. The van der Waals surface area contributed by atoms with E-state index in [9.17, 15) is 10.1 Å². The van der Waals surface area contributed by atoms with Crippen molar-refractivity contribution in [2.45, 2.75) is 5.33 Å². The Balaban J connectivity index is 2.12. The average Bonchev–Trinajstić information content (AvgIpc) is 2.91. The molecule has 3 rings (SSSR count). The van der Waals surface area contributed by atoms with E-state index < -0.39 is 4.92 Å². The maximum absolute atomic E-state index is 11.3. The second kappa shape index (κ2) is 6.35. The van der Waals surface area contributed by atoms with E-state index in [1.165, 1.54) is 24.3 Å². The Hall–Kier alpha value is -1.83. The SMILES string of the molecule is O=[N+]([O-])c1cc2c(CBr)noc2cc1Oc1ccc(Cl)cc1Cl. The number of alkyl halides is 1. The van der Waals surface area contributed by atoms with E-state index in [2.05, 4.69) is 21.1 Å². The van der Waals surface area contributed by atoms with Gasteiger partial charge in [0.05, 0.1) is 15.3 Å². The van der Waals surface area contributed by atoms with Gasteiger partial charge in [-0.2, -0.15) is 0 Å². The summed E-state index contributed by atoms with van der Waals surface area (Å²) in [5.74, 6) is 0.253. The second-order valence-electron chi connectivity index (χ2n) is 4.51. The number of hydrogen-bond acceptors (Lipinski definition) is 5. The summed E-state index contributed by atoms with van der Waals surface area (Å²) < 4.78 is 10.7. The number of ether oxygens (including phenoxy) is 1. The van der Waals surface area contributed by atoms with Gasteiger partial charge in [0.2, 0.25) is 5.75 Å². The summed E-state index contributed by atoms with van der Waals surface area (Å²) >= 11 is 15.1. The van der Waals surface area contributed by atoms with Gasteiger partial charge in [-0.25, -0.2) is 0 Å². The van der Waals surface area contributed by atoms with Crippen LogP contribution in [-0.2, 0) is 5.33 Å². The van der Waals surface area contributed by atoms with Gasteiger partial charge in [-0.3, -0.25) is 10.1 Å². The Morgan fingerprint density at radius 1 is 1.26 bits per heavy atom. The highest BCUT2D eigenvalue weighted by Gasteiger charge is 2.22. The van der Waals surface area contributed by atoms with E-state index in [1.54, 1.807) is 6.07 Å². The number of rotatable bonds is 4. The molecular formula is C14H7BrCl2N2O4. The van der Waals surface area contributed by atoms with Crippen LogP contribution < -0.4 is 4.74 Å². The Labute approximate surface area is 148 Å². The molecule has 0 spiro atoms. The Bertz CT molecular complexity index is 913. The molecule has 0 aliphatic carbocycles. The molecule has 2 aromatic carbocycles. The minimum Gasteiger partial charge on any atom is -0.448 e. The number of fused-ring (bicyclic) bond motifs is 1. The maximum Gasteiger partial charge on any atom is 0.312 e. The topological polar surface area (TPSA) is 78.4 Å². The lowest BCUT2D eigenvalue weighted by atomic mass is 10.2. The van der Waals surface area contributed by atoms with Crippen LogP contribution in [0.3, 0.4) is 0 Å². The molecule has 0 atom stereocenters. The average molecular weight is 418 g/mol. The first kappa shape index (κ1) is 16.0. The van der Waals surface area contributed by atoms with Crippen molar-refractivity contribution in [3.05, 3.63) is 56.2 Å². The highest BCUT2D eigenvalue weighted by Crippen LogP contribution is 2.39. The number of nitro groups is 1. The van der Waals surface area contributed by atoms with Gasteiger partial charge < -0.3 is 9.26 Å². The number of hydrogen-bond donors (Lipinski definition) is 0. The number of nitro benzene ring substituents is 1. The van der Waals surface area contributed by atoms with Gasteiger partial charge in [-0.05, 0) is 18.2 Å². The fourth-order valence-corrected chi connectivity index (χ4v) is 2.85. The van der Waals surface area contributed by atoms with Crippen LogP contribution in [0.2, 0.25) is 10.0 Å². The van der Waals surface area contributed by atoms with Crippen LogP contribution in [0.4, 0.5) is 5.69 Å². The van der Waals surface area contributed by atoms with E-state index in [-0.39, 0.29) is 22.2 Å². The van der Waals surface area contributed by atoms with Crippen LogP contribution in [0, 0.1) is 10.1 Å². The molecule has 0 saturated heterocycles. The van der Waals surface area contributed by atoms with Gasteiger partial charge in [-0.15, -0.1) is 0 Å². The van der Waals surface area contributed by atoms with E-state index in [4.69, 9.17) is 32.5 Å². The van der Waals surface area contributed by atoms with E-state index in [1.807, 2.05) is 0 Å². The highest BCUT2D eigenvalue weighted by atomic mass is 79.9. The predicted octanol–water partition coefficient (Wildman–Crippen LogP) is 5.73. The van der Waals surface area contributed by atoms with Gasteiger partial charge in [0.25, 0.3) is 0 Å². The fraction of sp³-hybridized carbons (Fsp3) is 0.0714.